The molecule has 0 saturated carbocycles. The Morgan fingerprint density at radius 2 is 1.11 bits per heavy atom. The van der Waals surface area contributed by atoms with Crippen molar-refractivity contribution >= 4 is 5.78 Å². The number of carbonyl (C=O) groups excluding carboxylic acids is 1. The van der Waals surface area contributed by atoms with Gasteiger partial charge in [0.25, 0.3) is 0 Å². The van der Waals surface area contributed by atoms with Crippen LogP contribution in [-0.2, 0) is 34.4 Å². The molecule has 3 aromatic heterocycles. The third kappa shape index (κ3) is 13.2. The number of pyridine rings is 3. The van der Waals surface area contributed by atoms with Gasteiger partial charge in [-0.3, -0.25) is 19.7 Å². The molecular formula is C20H15N3O4Re. The fourth-order valence-electron chi connectivity index (χ4n) is 1.62. The van der Waals surface area contributed by atoms with Crippen molar-refractivity contribution in [1.29, 1.82) is 0 Å². The molecule has 0 atom stereocenters. The molecule has 3 heterocycles. The van der Waals surface area contributed by atoms with Gasteiger partial charge in [-0.15, -0.1) is 0 Å². The van der Waals surface area contributed by atoms with E-state index >= 15 is 0 Å². The van der Waals surface area contributed by atoms with Gasteiger partial charge in [-0.05, 0) is 43.3 Å². The summed E-state index contributed by atoms with van der Waals surface area (Å²) in [5, 5.41) is 0. The van der Waals surface area contributed by atoms with E-state index in [1.165, 1.54) is 6.92 Å². The Kier molecular flexibility index (Phi) is 23.4. The zero-order valence-corrected chi connectivity index (χ0v) is 17.5. The van der Waals surface area contributed by atoms with E-state index in [1.54, 1.807) is 36.9 Å². The van der Waals surface area contributed by atoms with E-state index in [9.17, 15) is 4.79 Å². The van der Waals surface area contributed by atoms with E-state index in [1.807, 2.05) is 36.4 Å². The summed E-state index contributed by atoms with van der Waals surface area (Å²) in [6.07, 6.45) is 6.75. The Balaban J connectivity index is -0.000000350. The Morgan fingerprint density at radius 1 is 0.714 bits per heavy atom. The van der Waals surface area contributed by atoms with Gasteiger partial charge in [0.2, 0.25) is 0 Å². The second-order valence-corrected chi connectivity index (χ2v) is 4.22. The number of rotatable bonds is 2. The summed E-state index contributed by atoms with van der Waals surface area (Å²) >= 11 is 0. The van der Waals surface area contributed by atoms with Crippen molar-refractivity contribution < 1.29 is 39.2 Å². The largest absolute Gasteiger partial charge is 0.255 e. The van der Waals surface area contributed by atoms with Crippen molar-refractivity contribution in [2.24, 2.45) is 0 Å². The summed E-state index contributed by atoms with van der Waals surface area (Å²) in [6.45, 7) is 15.0. The van der Waals surface area contributed by atoms with Crippen molar-refractivity contribution in [3.05, 3.63) is 98.8 Å². The van der Waals surface area contributed by atoms with E-state index in [2.05, 4.69) is 34.9 Å². The topological polar surface area (TPSA) is 115 Å². The van der Waals surface area contributed by atoms with Crippen LogP contribution in [0.1, 0.15) is 17.3 Å². The van der Waals surface area contributed by atoms with Crippen LogP contribution in [0.4, 0.5) is 0 Å². The third-order valence-electron chi connectivity index (χ3n) is 2.68. The summed E-state index contributed by atoms with van der Waals surface area (Å²) in [6, 6.07) is 15.0. The van der Waals surface area contributed by atoms with Gasteiger partial charge in [-0.2, -0.15) is 0 Å². The molecule has 0 fully saturated rings. The van der Waals surface area contributed by atoms with Crippen LogP contribution < -0.4 is 0 Å². The van der Waals surface area contributed by atoms with E-state index in [0.29, 0.717) is 5.56 Å². The maximum atomic E-state index is 10.6. The number of hydrogen-bond acceptors (Lipinski definition) is 4. The second-order valence-electron chi connectivity index (χ2n) is 4.22. The van der Waals surface area contributed by atoms with Crippen molar-refractivity contribution in [2.75, 3.05) is 0 Å². The number of hydrogen-bond donors (Lipinski definition) is 0. The predicted molar refractivity (Wildman–Crippen MR) is 93.5 cm³/mol. The van der Waals surface area contributed by atoms with Crippen LogP contribution in [0, 0.1) is 20.0 Å². The SMILES string of the molecule is CC(=O)c1ccncc1.[C-]#[O+].[C-]#[O+].[C-]#[O+].[Re].c1ccc(-c2ccccn2)nc1. The van der Waals surface area contributed by atoms with Gasteiger partial charge in [0, 0.05) is 50.8 Å². The molecule has 0 aliphatic heterocycles. The summed E-state index contributed by atoms with van der Waals surface area (Å²) in [4.78, 5) is 22.8. The monoisotopic (exact) mass is 548 g/mol. The first-order valence-electron chi connectivity index (χ1n) is 7.12. The van der Waals surface area contributed by atoms with Gasteiger partial charge < -0.3 is 0 Å². The average Bonchev–Trinajstić information content (AvgIpc) is 2.80. The number of nitrogens with zero attached hydrogens (tertiary/aromatic N) is 3. The Labute approximate surface area is 177 Å². The smallest absolute Gasteiger partial charge is 0.0886 e. The van der Waals surface area contributed by atoms with Gasteiger partial charge in [0.15, 0.2) is 5.78 Å². The number of Topliss-reactive ketones (excluding diaryl/α,β-unsaturated/α-hetero) is 1. The minimum atomic E-state index is 0. The van der Waals surface area contributed by atoms with Crippen LogP contribution in [0.25, 0.3) is 11.4 Å². The first-order valence-corrected chi connectivity index (χ1v) is 7.12. The first-order chi connectivity index (χ1) is 13.3. The molecule has 3 rings (SSSR count). The number of ketones is 1. The summed E-state index contributed by atoms with van der Waals surface area (Å²) in [5.74, 6) is 0.0809. The van der Waals surface area contributed by atoms with Crippen LogP contribution >= 0.6 is 0 Å². The van der Waals surface area contributed by atoms with Gasteiger partial charge in [0.1, 0.15) is 0 Å². The fourth-order valence-corrected chi connectivity index (χ4v) is 1.62. The molecule has 0 saturated heterocycles. The zero-order chi connectivity index (χ0) is 20.9. The molecule has 0 aromatic carbocycles. The van der Waals surface area contributed by atoms with Gasteiger partial charge in [-0.1, -0.05) is 12.1 Å². The van der Waals surface area contributed by atoms with E-state index in [-0.39, 0.29) is 26.2 Å². The van der Waals surface area contributed by atoms with Crippen LogP contribution in [0.5, 0.6) is 0 Å². The molecule has 141 valence electrons. The molecule has 7 nitrogen and oxygen atoms in total. The van der Waals surface area contributed by atoms with Crippen molar-refractivity contribution in [3.63, 3.8) is 0 Å². The zero-order valence-electron chi connectivity index (χ0n) is 14.8. The molecule has 3 aromatic rings. The maximum absolute atomic E-state index is 10.6. The molecule has 0 N–H and O–H groups in total. The normalized spacial score (nSPS) is 7.25. The summed E-state index contributed by atoms with van der Waals surface area (Å²) in [7, 11) is 0. The second kappa shape index (κ2) is 22.0. The molecule has 0 spiro atoms. The van der Waals surface area contributed by atoms with Crippen LogP contribution in [0.3, 0.4) is 0 Å². The average molecular weight is 548 g/mol. The predicted octanol–water partition coefficient (Wildman–Crippen LogP) is 3.31. The van der Waals surface area contributed by atoms with E-state index in [4.69, 9.17) is 14.0 Å². The Morgan fingerprint density at radius 3 is 1.36 bits per heavy atom. The van der Waals surface area contributed by atoms with Gasteiger partial charge in [0.05, 0.1) is 11.4 Å². The van der Waals surface area contributed by atoms with Crippen LogP contribution in [0.15, 0.2) is 73.3 Å². The fraction of sp³-hybridized carbons (Fsp3) is 0.0500. The van der Waals surface area contributed by atoms with Crippen molar-refractivity contribution in [2.45, 2.75) is 6.92 Å². The molecule has 0 bridgehead atoms. The molecule has 0 amide bonds. The molecule has 0 unspecified atom stereocenters. The van der Waals surface area contributed by atoms with Crippen molar-refractivity contribution in [1.82, 2.24) is 15.0 Å². The minimum Gasteiger partial charge on any atom is -0.255 e. The number of aromatic nitrogens is 3. The molecule has 0 aliphatic carbocycles. The summed E-state index contributed by atoms with van der Waals surface area (Å²) in [5.41, 5.74) is 2.54. The van der Waals surface area contributed by atoms with E-state index in [0.717, 1.165) is 11.4 Å². The number of carbonyl (C=O) groups is 1. The summed E-state index contributed by atoms with van der Waals surface area (Å²) < 4.78 is 22.5. The molecule has 8 heteroatoms. The quantitative estimate of drug-likeness (QED) is 0.278. The van der Waals surface area contributed by atoms with Crippen LogP contribution in [-0.4, -0.2) is 20.7 Å². The third-order valence-corrected chi connectivity index (χ3v) is 2.68. The molecule has 0 aliphatic rings. The minimum absolute atomic E-state index is 0. The maximum Gasteiger partial charge on any atom is 0.0886 e. The molecule has 1 radical (unpaired) electrons. The molecule has 28 heavy (non-hydrogen) atoms. The van der Waals surface area contributed by atoms with E-state index < -0.39 is 0 Å². The Bertz CT molecular complexity index is 757. The first kappa shape index (κ1) is 29.8. The van der Waals surface area contributed by atoms with Gasteiger partial charge in [-0.25, -0.2) is 0 Å². The van der Waals surface area contributed by atoms with Crippen LogP contribution in [0.2, 0.25) is 0 Å². The standard InChI is InChI=1S/C10H8N2.C7H7NO.3CO.Re/c1-3-7-11-9(5-1)10-6-2-4-8-12-10;1-6(9)7-2-4-8-5-3-7;3*1-2;/h1-8H;2-5H,1H3;;;;. The van der Waals surface area contributed by atoms with Gasteiger partial charge >= 0.3 is 33.9 Å². The molecular weight excluding hydrogens is 532 g/mol. The van der Waals surface area contributed by atoms with Crippen molar-refractivity contribution in [3.8, 4) is 11.4 Å². The Hall–Kier alpha value is -3.00.